The number of anilines is 10. The van der Waals surface area contributed by atoms with Gasteiger partial charge in [-0.25, -0.2) is 0 Å². The predicted molar refractivity (Wildman–Crippen MR) is 387 cm³/mol. The minimum Gasteiger partial charge on any atom is -0.345 e. The van der Waals surface area contributed by atoms with E-state index in [1.807, 2.05) is 0 Å². The first-order valence-electron chi connectivity index (χ1n) is 30.8. The van der Waals surface area contributed by atoms with Crippen LogP contribution in [0.2, 0.25) is 0 Å². The molecule has 0 atom stereocenters. The topological polar surface area (TPSA) is 13.0 Å². The van der Waals surface area contributed by atoms with E-state index in [1.165, 1.54) is 110 Å². The summed E-state index contributed by atoms with van der Waals surface area (Å²) in [5.74, 6) is 0. The van der Waals surface area contributed by atoms with Crippen molar-refractivity contribution in [1.29, 1.82) is 0 Å². The Kier molecular flexibility index (Phi) is 14.8. The molecule has 0 aromatic heterocycles. The number of benzene rings is 16. The summed E-state index contributed by atoms with van der Waals surface area (Å²) in [6.45, 7) is 0. The standard InChI is InChI=1S/2C43H32N2/c1-44(43-40-19-9-6-13-34(40)30-35-14-7-10-20-41(35)43)36-26-22-31(23-27-36)32-24-28-38(29-25-32)45(37-16-3-2-4-17-37)42-21-11-15-33-12-5-8-18-39(33)42;1-44(41-27-22-36-28-34-11-5-6-12-35(34)29-37(36)30-41)38-23-18-31(19-24-38)32-20-25-40(26-21-32)45(39-14-3-2-4-15-39)43-17-9-13-33-10-7-8-16-42(33)43/h2*2-30H,1H3. The van der Waals surface area contributed by atoms with E-state index in [0.717, 1.165) is 34.1 Å². The van der Waals surface area contributed by atoms with Crippen molar-refractivity contribution in [3.05, 3.63) is 352 Å². The molecule has 4 heteroatoms. The highest BCUT2D eigenvalue weighted by Gasteiger charge is 2.19. The molecule has 16 rings (SSSR count). The minimum atomic E-state index is 1.13. The summed E-state index contributed by atoms with van der Waals surface area (Å²) >= 11 is 0. The van der Waals surface area contributed by atoms with Crippen LogP contribution in [0.4, 0.5) is 56.9 Å². The Balaban J connectivity index is 0.000000150. The second-order valence-corrected chi connectivity index (χ2v) is 23.0. The molecule has 0 saturated heterocycles. The van der Waals surface area contributed by atoms with Gasteiger partial charge in [-0.3, -0.25) is 0 Å². The average molecular weight is 1150 g/mol. The van der Waals surface area contributed by atoms with E-state index in [0.29, 0.717) is 0 Å². The lowest BCUT2D eigenvalue weighted by molar-refractivity contribution is 1.21. The van der Waals surface area contributed by atoms with Gasteiger partial charge >= 0.3 is 0 Å². The van der Waals surface area contributed by atoms with Gasteiger partial charge in [0, 0.05) is 75.5 Å². The Morgan fingerprint density at radius 2 is 0.478 bits per heavy atom. The Hall–Kier alpha value is -11.7. The van der Waals surface area contributed by atoms with Crippen LogP contribution in [0.5, 0.6) is 0 Å². The number of hydrogen-bond acceptors (Lipinski definition) is 4. The van der Waals surface area contributed by atoms with E-state index in [9.17, 15) is 0 Å². The van der Waals surface area contributed by atoms with Crippen molar-refractivity contribution in [2.45, 2.75) is 0 Å². The first-order chi connectivity index (χ1) is 44.5. The van der Waals surface area contributed by atoms with Crippen LogP contribution in [-0.4, -0.2) is 14.1 Å². The monoisotopic (exact) mass is 1150 g/mol. The fourth-order valence-electron chi connectivity index (χ4n) is 12.9. The maximum Gasteiger partial charge on any atom is 0.0567 e. The normalized spacial score (nSPS) is 11.2. The Labute approximate surface area is 526 Å². The van der Waals surface area contributed by atoms with Crippen molar-refractivity contribution < 1.29 is 0 Å². The highest BCUT2D eigenvalue weighted by atomic mass is 15.2. The maximum atomic E-state index is 2.35. The third-order valence-electron chi connectivity index (χ3n) is 17.6. The molecule has 0 amide bonds. The van der Waals surface area contributed by atoms with E-state index in [4.69, 9.17) is 0 Å². The summed E-state index contributed by atoms with van der Waals surface area (Å²) in [4.78, 5) is 9.26. The molecule has 428 valence electrons. The lowest BCUT2D eigenvalue weighted by Crippen LogP contribution is -2.10. The number of fused-ring (bicyclic) bond motifs is 6. The largest absolute Gasteiger partial charge is 0.345 e. The van der Waals surface area contributed by atoms with E-state index in [-0.39, 0.29) is 0 Å². The molecule has 4 nitrogen and oxygen atoms in total. The summed E-state index contributed by atoms with van der Waals surface area (Å²) in [6.07, 6.45) is 0. The molecule has 0 fully saturated rings. The molecule has 0 aliphatic carbocycles. The molecule has 0 radical (unpaired) electrons. The number of rotatable bonds is 12. The molecular formula is C86H64N4. The molecule has 0 saturated carbocycles. The van der Waals surface area contributed by atoms with Crippen molar-refractivity contribution in [2.24, 2.45) is 0 Å². The molecule has 0 unspecified atom stereocenters. The number of nitrogens with zero attached hydrogens (tertiary/aromatic N) is 4. The molecule has 16 aromatic rings. The summed E-state index contributed by atoms with van der Waals surface area (Å²) in [5.41, 5.74) is 16.3. The van der Waals surface area contributed by atoms with Crippen LogP contribution in [0.3, 0.4) is 0 Å². The third kappa shape index (κ3) is 10.8. The lowest BCUT2D eigenvalue weighted by atomic mass is 9.99. The fourth-order valence-corrected chi connectivity index (χ4v) is 12.9. The van der Waals surface area contributed by atoms with Crippen LogP contribution in [0.1, 0.15) is 0 Å². The van der Waals surface area contributed by atoms with Crippen molar-refractivity contribution in [1.82, 2.24) is 0 Å². The molecule has 0 N–H and O–H groups in total. The fraction of sp³-hybridized carbons (Fsp3) is 0.0233. The molecule has 90 heavy (non-hydrogen) atoms. The van der Waals surface area contributed by atoms with Crippen LogP contribution in [-0.2, 0) is 0 Å². The highest BCUT2D eigenvalue weighted by Crippen LogP contribution is 2.43. The second kappa shape index (κ2) is 24.2. The first kappa shape index (κ1) is 54.9. The van der Waals surface area contributed by atoms with Gasteiger partial charge in [-0.05, 0) is 181 Å². The summed E-state index contributed by atoms with van der Waals surface area (Å²) in [6, 6.07) is 126. The van der Waals surface area contributed by atoms with Gasteiger partial charge in [-0.1, -0.05) is 237 Å². The van der Waals surface area contributed by atoms with Gasteiger partial charge < -0.3 is 19.6 Å². The zero-order valence-corrected chi connectivity index (χ0v) is 50.3. The zero-order valence-electron chi connectivity index (χ0n) is 50.3. The highest BCUT2D eigenvalue weighted by molar-refractivity contribution is 6.12. The smallest absolute Gasteiger partial charge is 0.0567 e. The molecular weight excluding hydrogens is 1090 g/mol. The van der Waals surface area contributed by atoms with Crippen LogP contribution in [0, 0.1) is 0 Å². The average Bonchev–Trinajstić information content (AvgIpc) is 0.983. The van der Waals surface area contributed by atoms with Gasteiger partial charge in [0.15, 0.2) is 0 Å². The third-order valence-corrected chi connectivity index (χ3v) is 17.6. The summed E-state index contributed by atoms with van der Waals surface area (Å²) in [5, 5.41) is 15.0. The van der Waals surface area contributed by atoms with Crippen molar-refractivity contribution >= 4 is 122 Å². The van der Waals surface area contributed by atoms with Crippen molar-refractivity contribution in [3.63, 3.8) is 0 Å². The van der Waals surface area contributed by atoms with Gasteiger partial charge in [-0.2, -0.15) is 0 Å². The lowest BCUT2D eigenvalue weighted by Gasteiger charge is -2.27. The molecule has 0 heterocycles. The van der Waals surface area contributed by atoms with Crippen molar-refractivity contribution in [2.75, 3.05) is 33.7 Å². The Morgan fingerprint density at radius 1 is 0.178 bits per heavy atom. The second-order valence-electron chi connectivity index (χ2n) is 23.0. The molecule has 0 aliphatic heterocycles. The SMILES string of the molecule is CN(c1ccc(-c2ccc(N(c3ccccc3)c3cccc4ccccc34)cc2)cc1)c1c2ccccc2cc2ccccc12.CN(c1ccc(-c2ccc(N(c3ccccc3)c3cccc4ccccc34)cc2)cc1)c1ccc2cc3ccccc3cc2c1. The predicted octanol–water partition coefficient (Wildman–Crippen LogP) is 24.1. The van der Waals surface area contributed by atoms with Crippen LogP contribution >= 0.6 is 0 Å². The minimum absolute atomic E-state index is 1.13. The molecule has 0 bridgehead atoms. The molecule has 0 spiro atoms. The van der Waals surface area contributed by atoms with Gasteiger partial charge in [0.25, 0.3) is 0 Å². The summed E-state index contributed by atoms with van der Waals surface area (Å²) in [7, 11) is 4.31. The molecule has 16 aromatic carbocycles. The summed E-state index contributed by atoms with van der Waals surface area (Å²) < 4.78 is 0. The molecule has 0 aliphatic rings. The number of para-hydroxylation sites is 2. The van der Waals surface area contributed by atoms with Gasteiger partial charge in [0.1, 0.15) is 0 Å². The van der Waals surface area contributed by atoms with E-state index in [1.54, 1.807) is 0 Å². The van der Waals surface area contributed by atoms with E-state index < -0.39 is 0 Å². The zero-order chi connectivity index (χ0) is 60.3. The maximum absolute atomic E-state index is 2.35. The van der Waals surface area contributed by atoms with Crippen molar-refractivity contribution in [3.8, 4) is 22.3 Å². The number of hydrogen-bond donors (Lipinski definition) is 0. The Morgan fingerprint density at radius 3 is 0.922 bits per heavy atom. The first-order valence-corrected chi connectivity index (χ1v) is 30.8. The van der Waals surface area contributed by atoms with Gasteiger partial charge in [0.05, 0.1) is 17.1 Å². The van der Waals surface area contributed by atoms with Crippen LogP contribution in [0.25, 0.3) is 86.9 Å². The van der Waals surface area contributed by atoms with Gasteiger partial charge in [-0.15, -0.1) is 0 Å². The Bertz CT molecular complexity index is 5140. The van der Waals surface area contributed by atoms with E-state index >= 15 is 0 Å². The quantitative estimate of drug-likeness (QED) is 0.113. The van der Waals surface area contributed by atoms with E-state index in [2.05, 4.69) is 386 Å². The van der Waals surface area contributed by atoms with Crippen LogP contribution < -0.4 is 19.6 Å². The van der Waals surface area contributed by atoms with Crippen LogP contribution in [0.15, 0.2) is 352 Å². The van der Waals surface area contributed by atoms with Gasteiger partial charge in [0.2, 0.25) is 0 Å².